The van der Waals surface area contributed by atoms with E-state index in [-0.39, 0.29) is 12.4 Å². The normalized spacial score (nSPS) is 11.1. The van der Waals surface area contributed by atoms with Crippen molar-refractivity contribution in [1.29, 1.82) is 0 Å². The van der Waals surface area contributed by atoms with Crippen molar-refractivity contribution in [3.8, 4) is 0 Å². The van der Waals surface area contributed by atoms with Crippen LogP contribution in [-0.2, 0) is 11.3 Å². The van der Waals surface area contributed by atoms with Crippen LogP contribution in [0.15, 0.2) is 18.2 Å². The SMILES string of the molecule is COCCNCc1cc(F)ccc1N(CCCO)C(C)C. The molecule has 0 spiro atoms. The van der Waals surface area contributed by atoms with Crippen LogP contribution in [-0.4, -0.2) is 44.6 Å². The van der Waals surface area contributed by atoms with Crippen LogP contribution in [0.2, 0.25) is 0 Å². The molecule has 0 saturated heterocycles. The maximum atomic E-state index is 13.5. The molecule has 0 heterocycles. The van der Waals surface area contributed by atoms with Crippen molar-refractivity contribution in [3.05, 3.63) is 29.6 Å². The van der Waals surface area contributed by atoms with Gasteiger partial charge in [0.05, 0.1) is 6.61 Å². The molecule has 0 fully saturated rings. The zero-order chi connectivity index (χ0) is 15.7. The van der Waals surface area contributed by atoms with Crippen LogP contribution in [0, 0.1) is 5.82 Å². The lowest BCUT2D eigenvalue weighted by Gasteiger charge is -2.31. The second kappa shape index (κ2) is 9.71. The van der Waals surface area contributed by atoms with Gasteiger partial charge in [0.25, 0.3) is 0 Å². The molecule has 1 rings (SSSR count). The Hall–Kier alpha value is -1.17. The van der Waals surface area contributed by atoms with Crippen molar-refractivity contribution in [1.82, 2.24) is 5.32 Å². The van der Waals surface area contributed by atoms with Gasteiger partial charge in [-0.25, -0.2) is 4.39 Å². The van der Waals surface area contributed by atoms with E-state index < -0.39 is 0 Å². The second-order valence-electron chi connectivity index (χ2n) is 5.31. The van der Waals surface area contributed by atoms with Gasteiger partial charge < -0.3 is 20.1 Å². The molecule has 0 saturated carbocycles. The molecule has 0 aromatic heterocycles. The van der Waals surface area contributed by atoms with Crippen LogP contribution in [0.25, 0.3) is 0 Å². The summed E-state index contributed by atoms with van der Waals surface area (Å²) in [6.07, 6.45) is 0.700. The molecule has 1 aromatic carbocycles. The minimum atomic E-state index is -0.229. The topological polar surface area (TPSA) is 44.7 Å². The molecule has 0 amide bonds. The fourth-order valence-electron chi connectivity index (χ4n) is 2.27. The molecule has 0 aliphatic heterocycles. The maximum absolute atomic E-state index is 13.5. The number of ether oxygens (including phenoxy) is 1. The van der Waals surface area contributed by atoms with Crippen LogP contribution in [0.4, 0.5) is 10.1 Å². The summed E-state index contributed by atoms with van der Waals surface area (Å²) in [6, 6.07) is 5.17. The highest BCUT2D eigenvalue weighted by Crippen LogP contribution is 2.24. The minimum Gasteiger partial charge on any atom is -0.396 e. The van der Waals surface area contributed by atoms with E-state index in [9.17, 15) is 4.39 Å². The van der Waals surface area contributed by atoms with E-state index in [1.807, 2.05) is 6.07 Å². The van der Waals surface area contributed by atoms with Gasteiger partial charge in [0.2, 0.25) is 0 Å². The number of aliphatic hydroxyl groups is 1. The smallest absolute Gasteiger partial charge is 0.123 e. The highest BCUT2D eigenvalue weighted by molar-refractivity contribution is 5.54. The predicted octanol–water partition coefficient (Wildman–Crippen LogP) is 2.16. The van der Waals surface area contributed by atoms with Gasteiger partial charge in [0, 0.05) is 45.1 Å². The van der Waals surface area contributed by atoms with E-state index in [1.165, 1.54) is 6.07 Å². The summed E-state index contributed by atoms with van der Waals surface area (Å²) in [5, 5.41) is 12.3. The molecular formula is C16H27FN2O2. The lowest BCUT2D eigenvalue weighted by atomic mass is 10.1. The lowest BCUT2D eigenvalue weighted by molar-refractivity contribution is 0.199. The van der Waals surface area contributed by atoms with E-state index in [0.29, 0.717) is 25.6 Å². The quantitative estimate of drug-likeness (QED) is 0.650. The number of benzene rings is 1. The molecule has 0 radical (unpaired) electrons. The highest BCUT2D eigenvalue weighted by atomic mass is 19.1. The van der Waals surface area contributed by atoms with E-state index in [4.69, 9.17) is 9.84 Å². The summed E-state index contributed by atoms with van der Waals surface area (Å²) < 4.78 is 18.5. The van der Waals surface area contributed by atoms with E-state index in [2.05, 4.69) is 24.1 Å². The third-order valence-electron chi connectivity index (χ3n) is 3.33. The molecule has 0 aliphatic rings. The van der Waals surface area contributed by atoms with Gasteiger partial charge in [-0.15, -0.1) is 0 Å². The first kappa shape index (κ1) is 17.9. The fraction of sp³-hybridized carbons (Fsp3) is 0.625. The largest absolute Gasteiger partial charge is 0.396 e. The Morgan fingerprint density at radius 3 is 2.76 bits per heavy atom. The number of nitrogens with zero attached hydrogens (tertiary/aromatic N) is 1. The summed E-state index contributed by atoms with van der Waals surface area (Å²) >= 11 is 0. The Morgan fingerprint density at radius 1 is 1.38 bits per heavy atom. The predicted molar refractivity (Wildman–Crippen MR) is 84.2 cm³/mol. The maximum Gasteiger partial charge on any atom is 0.123 e. The number of nitrogens with one attached hydrogen (secondary N) is 1. The summed E-state index contributed by atoms with van der Waals surface area (Å²) in [5.41, 5.74) is 1.95. The van der Waals surface area contributed by atoms with Crippen LogP contribution in [0.5, 0.6) is 0 Å². The van der Waals surface area contributed by atoms with Crippen LogP contribution < -0.4 is 10.2 Å². The highest BCUT2D eigenvalue weighted by Gasteiger charge is 2.14. The zero-order valence-electron chi connectivity index (χ0n) is 13.2. The fourth-order valence-corrected chi connectivity index (χ4v) is 2.27. The molecule has 1 aromatic rings. The molecule has 21 heavy (non-hydrogen) atoms. The summed E-state index contributed by atoms with van der Waals surface area (Å²) in [4.78, 5) is 2.20. The summed E-state index contributed by atoms with van der Waals surface area (Å²) in [5.74, 6) is -0.229. The molecule has 0 aliphatic carbocycles. The third kappa shape index (κ3) is 5.99. The molecule has 120 valence electrons. The number of hydrogen-bond donors (Lipinski definition) is 2. The Kier molecular flexibility index (Phi) is 8.27. The van der Waals surface area contributed by atoms with Crippen LogP contribution in [0.3, 0.4) is 0 Å². The number of aliphatic hydroxyl groups excluding tert-OH is 1. The number of anilines is 1. The van der Waals surface area contributed by atoms with E-state index in [1.54, 1.807) is 13.2 Å². The Morgan fingerprint density at radius 2 is 2.14 bits per heavy atom. The standard InChI is InChI=1S/C16H27FN2O2/c1-13(2)19(8-4-9-20)16-6-5-15(17)11-14(16)12-18-7-10-21-3/h5-6,11,13,18,20H,4,7-10,12H2,1-3H3. The molecule has 5 heteroatoms. The first-order chi connectivity index (χ1) is 10.1. The van der Waals surface area contributed by atoms with E-state index >= 15 is 0 Å². The average molecular weight is 298 g/mol. The van der Waals surface area contributed by atoms with Crippen LogP contribution in [0.1, 0.15) is 25.8 Å². The van der Waals surface area contributed by atoms with Crippen molar-refractivity contribution in [3.63, 3.8) is 0 Å². The van der Waals surface area contributed by atoms with Gasteiger partial charge >= 0.3 is 0 Å². The first-order valence-electron chi connectivity index (χ1n) is 7.45. The van der Waals surface area contributed by atoms with Gasteiger partial charge in [0.1, 0.15) is 5.82 Å². The molecule has 0 unspecified atom stereocenters. The van der Waals surface area contributed by atoms with Gasteiger partial charge in [-0.3, -0.25) is 0 Å². The van der Waals surface area contributed by atoms with Gasteiger partial charge in [-0.2, -0.15) is 0 Å². The van der Waals surface area contributed by atoms with Gasteiger partial charge in [-0.1, -0.05) is 0 Å². The number of hydrogen-bond acceptors (Lipinski definition) is 4. The molecule has 4 nitrogen and oxygen atoms in total. The Balaban J connectivity index is 2.86. The monoisotopic (exact) mass is 298 g/mol. The van der Waals surface area contributed by atoms with Crippen molar-refractivity contribution in [2.24, 2.45) is 0 Å². The number of halogens is 1. The summed E-state index contributed by atoms with van der Waals surface area (Å²) in [7, 11) is 1.66. The summed E-state index contributed by atoms with van der Waals surface area (Å²) in [6.45, 7) is 7.06. The second-order valence-corrected chi connectivity index (χ2v) is 5.31. The Labute approximate surface area is 126 Å². The van der Waals surface area contributed by atoms with Crippen molar-refractivity contribution < 1.29 is 14.2 Å². The molecule has 2 N–H and O–H groups in total. The molecule has 0 atom stereocenters. The number of methoxy groups -OCH3 is 1. The van der Waals surface area contributed by atoms with Crippen molar-refractivity contribution in [2.45, 2.75) is 32.9 Å². The molecular weight excluding hydrogens is 271 g/mol. The average Bonchev–Trinajstić information content (AvgIpc) is 2.45. The third-order valence-corrected chi connectivity index (χ3v) is 3.33. The Bertz CT molecular complexity index is 413. The van der Waals surface area contributed by atoms with Crippen molar-refractivity contribution in [2.75, 3.05) is 38.3 Å². The van der Waals surface area contributed by atoms with Crippen molar-refractivity contribution >= 4 is 5.69 Å². The molecule has 0 bridgehead atoms. The van der Waals surface area contributed by atoms with E-state index in [0.717, 1.165) is 24.3 Å². The number of rotatable bonds is 10. The first-order valence-corrected chi connectivity index (χ1v) is 7.45. The van der Waals surface area contributed by atoms with Gasteiger partial charge in [-0.05, 0) is 44.0 Å². The lowest BCUT2D eigenvalue weighted by Crippen LogP contribution is -2.33. The zero-order valence-corrected chi connectivity index (χ0v) is 13.2. The van der Waals surface area contributed by atoms with Gasteiger partial charge in [0.15, 0.2) is 0 Å². The minimum absolute atomic E-state index is 0.159. The van der Waals surface area contributed by atoms with Crippen LogP contribution >= 0.6 is 0 Å².